The Morgan fingerprint density at radius 1 is 0.864 bits per heavy atom. The van der Waals surface area contributed by atoms with Crippen LogP contribution in [0.4, 0.5) is 8.78 Å². The molecule has 0 saturated carbocycles. The Morgan fingerprint density at radius 2 is 1.59 bits per heavy atom. The molecule has 0 saturated heterocycles. The molecule has 0 fully saturated rings. The summed E-state index contributed by atoms with van der Waals surface area (Å²) in [5, 5.41) is 11.3. The summed E-state index contributed by atoms with van der Waals surface area (Å²) in [4.78, 5) is 3.99. The summed E-state index contributed by atoms with van der Waals surface area (Å²) in [6, 6.07) is 15.1. The van der Waals surface area contributed by atoms with Gasteiger partial charge in [-0.2, -0.15) is 0 Å². The molecule has 1 N–H and O–H groups in total. The predicted octanol–water partition coefficient (Wildman–Crippen LogP) is 3.64. The van der Waals surface area contributed by atoms with E-state index in [1.165, 1.54) is 12.3 Å². The van der Waals surface area contributed by atoms with Crippen molar-refractivity contribution in [1.82, 2.24) is 4.98 Å². The van der Waals surface area contributed by atoms with Crippen molar-refractivity contribution in [3.05, 3.63) is 101 Å². The second-order valence-electron chi connectivity index (χ2n) is 4.94. The highest BCUT2D eigenvalue weighted by Crippen LogP contribution is 2.37. The molecule has 3 aromatic rings. The van der Waals surface area contributed by atoms with Gasteiger partial charge in [-0.1, -0.05) is 36.4 Å². The summed E-state index contributed by atoms with van der Waals surface area (Å²) in [6.45, 7) is 0. The van der Waals surface area contributed by atoms with Crippen molar-refractivity contribution in [2.24, 2.45) is 0 Å². The lowest BCUT2D eigenvalue weighted by Crippen LogP contribution is -2.30. The zero-order valence-electron chi connectivity index (χ0n) is 11.6. The number of rotatable bonds is 3. The van der Waals surface area contributed by atoms with E-state index in [1.54, 1.807) is 48.7 Å². The van der Waals surface area contributed by atoms with E-state index in [1.807, 2.05) is 0 Å². The Hall–Kier alpha value is -2.59. The van der Waals surface area contributed by atoms with Crippen LogP contribution in [0, 0.1) is 11.6 Å². The van der Waals surface area contributed by atoms with Crippen LogP contribution in [0.1, 0.15) is 16.7 Å². The lowest BCUT2D eigenvalue weighted by atomic mass is 9.81. The van der Waals surface area contributed by atoms with Gasteiger partial charge in [0.15, 0.2) is 0 Å². The molecular weight excluding hydrogens is 284 g/mol. The summed E-state index contributed by atoms with van der Waals surface area (Å²) >= 11 is 0. The third-order valence-corrected chi connectivity index (χ3v) is 3.59. The number of pyridine rings is 1. The van der Waals surface area contributed by atoms with Crippen LogP contribution in [0.3, 0.4) is 0 Å². The highest BCUT2D eigenvalue weighted by Gasteiger charge is 2.36. The van der Waals surface area contributed by atoms with Gasteiger partial charge >= 0.3 is 0 Å². The van der Waals surface area contributed by atoms with Crippen LogP contribution in [0.25, 0.3) is 0 Å². The lowest BCUT2D eigenvalue weighted by molar-refractivity contribution is 0.120. The van der Waals surface area contributed by atoms with Crippen molar-refractivity contribution in [3.8, 4) is 0 Å². The van der Waals surface area contributed by atoms with Crippen LogP contribution in [-0.2, 0) is 5.60 Å². The van der Waals surface area contributed by atoms with Gasteiger partial charge in [-0.3, -0.25) is 4.98 Å². The normalized spacial score (nSPS) is 13.6. The van der Waals surface area contributed by atoms with Crippen LogP contribution in [0.2, 0.25) is 0 Å². The summed E-state index contributed by atoms with van der Waals surface area (Å²) in [6.07, 6.45) is 3.03. The minimum absolute atomic E-state index is 0.0203. The average Bonchev–Trinajstić information content (AvgIpc) is 2.56. The first-order chi connectivity index (χ1) is 10.6. The van der Waals surface area contributed by atoms with E-state index in [0.29, 0.717) is 11.1 Å². The summed E-state index contributed by atoms with van der Waals surface area (Å²) in [7, 11) is 0. The Morgan fingerprint density at radius 3 is 2.23 bits per heavy atom. The molecule has 2 aromatic carbocycles. The third-order valence-electron chi connectivity index (χ3n) is 3.59. The van der Waals surface area contributed by atoms with Gasteiger partial charge in [-0.05, 0) is 23.8 Å². The molecule has 0 spiro atoms. The Bertz CT molecular complexity index is 736. The van der Waals surface area contributed by atoms with E-state index < -0.39 is 17.2 Å². The number of hydrogen-bond donors (Lipinski definition) is 1. The average molecular weight is 297 g/mol. The quantitative estimate of drug-likeness (QED) is 0.800. The van der Waals surface area contributed by atoms with E-state index in [2.05, 4.69) is 4.98 Å². The Labute approximate surface area is 126 Å². The number of aliphatic hydroxyl groups is 1. The summed E-state index contributed by atoms with van der Waals surface area (Å²) in [5.41, 5.74) is -0.874. The molecule has 0 aliphatic carbocycles. The van der Waals surface area contributed by atoms with E-state index in [0.717, 1.165) is 12.1 Å². The Balaban J connectivity index is 2.28. The minimum atomic E-state index is -1.74. The van der Waals surface area contributed by atoms with Crippen LogP contribution in [0.5, 0.6) is 0 Å². The van der Waals surface area contributed by atoms with Gasteiger partial charge in [0.1, 0.15) is 17.2 Å². The van der Waals surface area contributed by atoms with Crippen molar-refractivity contribution >= 4 is 0 Å². The van der Waals surface area contributed by atoms with Gasteiger partial charge in [-0.15, -0.1) is 0 Å². The van der Waals surface area contributed by atoms with Gasteiger partial charge in [-0.25, -0.2) is 8.78 Å². The highest BCUT2D eigenvalue weighted by atomic mass is 19.1. The molecule has 2 nitrogen and oxygen atoms in total. The van der Waals surface area contributed by atoms with Crippen molar-refractivity contribution < 1.29 is 13.9 Å². The number of nitrogens with zero attached hydrogens (tertiary/aromatic N) is 1. The second-order valence-corrected chi connectivity index (χ2v) is 4.94. The molecule has 0 aliphatic rings. The molecule has 4 heteroatoms. The second kappa shape index (κ2) is 5.66. The largest absolute Gasteiger partial charge is 0.376 e. The zero-order chi connectivity index (χ0) is 15.6. The van der Waals surface area contributed by atoms with E-state index in [4.69, 9.17) is 0 Å². The smallest absolute Gasteiger partial charge is 0.144 e. The molecular formula is C18H13F2NO. The fourth-order valence-electron chi connectivity index (χ4n) is 2.52. The molecule has 0 bridgehead atoms. The zero-order valence-corrected chi connectivity index (χ0v) is 11.6. The standard InChI is InChI=1S/C18H13F2NO/c19-15-8-9-16(17(20)11-15)18(22,13-5-2-1-3-6-13)14-7-4-10-21-12-14/h1-12,22H. The molecule has 0 radical (unpaired) electrons. The first kappa shape index (κ1) is 14.4. The van der Waals surface area contributed by atoms with E-state index >= 15 is 0 Å². The van der Waals surface area contributed by atoms with Crippen molar-refractivity contribution in [1.29, 1.82) is 0 Å². The van der Waals surface area contributed by atoms with Crippen LogP contribution in [0.15, 0.2) is 73.1 Å². The number of aromatic nitrogens is 1. The van der Waals surface area contributed by atoms with E-state index in [-0.39, 0.29) is 5.56 Å². The SMILES string of the molecule is OC(c1ccccc1)(c1cccnc1)c1ccc(F)cc1F. The first-order valence-electron chi connectivity index (χ1n) is 6.76. The lowest BCUT2D eigenvalue weighted by Gasteiger charge is -2.30. The van der Waals surface area contributed by atoms with Crippen LogP contribution >= 0.6 is 0 Å². The summed E-state index contributed by atoms with van der Waals surface area (Å²) in [5.74, 6) is -1.50. The molecule has 0 amide bonds. The maximum Gasteiger partial charge on any atom is 0.144 e. The monoisotopic (exact) mass is 297 g/mol. The number of benzene rings is 2. The third kappa shape index (κ3) is 2.38. The fraction of sp³-hybridized carbons (Fsp3) is 0.0556. The number of hydrogen-bond acceptors (Lipinski definition) is 2. The van der Waals surface area contributed by atoms with Crippen molar-refractivity contribution in [2.75, 3.05) is 0 Å². The van der Waals surface area contributed by atoms with Gasteiger partial charge in [0, 0.05) is 29.6 Å². The van der Waals surface area contributed by atoms with Crippen LogP contribution < -0.4 is 0 Å². The predicted molar refractivity (Wildman–Crippen MR) is 79.1 cm³/mol. The summed E-state index contributed by atoms with van der Waals surface area (Å²) < 4.78 is 27.5. The molecule has 1 unspecified atom stereocenters. The first-order valence-corrected chi connectivity index (χ1v) is 6.76. The van der Waals surface area contributed by atoms with E-state index in [9.17, 15) is 13.9 Å². The molecule has 0 aliphatic heterocycles. The molecule has 1 atom stereocenters. The van der Waals surface area contributed by atoms with Gasteiger partial charge in [0.25, 0.3) is 0 Å². The highest BCUT2D eigenvalue weighted by molar-refractivity contribution is 5.46. The van der Waals surface area contributed by atoms with Crippen LogP contribution in [-0.4, -0.2) is 10.1 Å². The van der Waals surface area contributed by atoms with Crippen molar-refractivity contribution in [3.63, 3.8) is 0 Å². The molecule has 3 rings (SSSR count). The van der Waals surface area contributed by atoms with Gasteiger partial charge < -0.3 is 5.11 Å². The molecule has 1 heterocycles. The maximum absolute atomic E-state index is 14.3. The van der Waals surface area contributed by atoms with Gasteiger partial charge in [0.05, 0.1) is 0 Å². The number of halogens is 2. The minimum Gasteiger partial charge on any atom is -0.376 e. The fourth-order valence-corrected chi connectivity index (χ4v) is 2.52. The van der Waals surface area contributed by atoms with Crippen molar-refractivity contribution in [2.45, 2.75) is 5.60 Å². The maximum atomic E-state index is 14.3. The molecule has 110 valence electrons. The molecule has 1 aromatic heterocycles. The Kier molecular flexibility index (Phi) is 3.69. The topological polar surface area (TPSA) is 33.1 Å². The van der Waals surface area contributed by atoms with Gasteiger partial charge in [0.2, 0.25) is 0 Å². The molecule has 22 heavy (non-hydrogen) atoms.